The highest BCUT2D eigenvalue weighted by Crippen LogP contribution is 2.31. The number of benzene rings is 2. The van der Waals surface area contributed by atoms with Crippen molar-refractivity contribution in [1.82, 2.24) is 0 Å². The third kappa shape index (κ3) is 3.34. The molecule has 134 valence electrons. The minimum Gasteiger partial charge on any atom is -0.495 e. The maximum Gasteiger partial charge on any atom is 0.255 e. The van der Waals surface area contributed by atoms with Gasteiger partial charge in [0.05, 0.1) is 36.4 Å². The number of carbonyl (C=O) groups excluding carboxylic acids is 1. The molecule has 0 fully saturated rings. The summed E-state index contributed by atoms with van der Waals surface area (Å²) in [5, 5.41) is 11.8. The predicted octanol–water partition coefficient (Wildman–Crippen LogP) is 2.14. The second-order valence-electron chi connectivity index (χ2n) is 5.91. The average molecular weight is 371 g/mol. The third-order valence-corrected chi connectivity index (χ3v) is 5.35. The Hall–Kier alpha value is -3.05. The van der Waals surface area contributed by atoms with Crippen LogP contribution in [0.5, 0.6) is 5.75 Å². The van der Waals surface area contributed by atoms with Crippen LogP contribution in [0.3, 0.4) is 0 Å². The monoisotopic (exact) mass is 371 g/mol. The molecule has 0 saturated carbocycles. The maximum absolute atomic E-state index is 12.6. The van der Waals surface area contributed by atoms with Crippen molar-refractivity contribution < 1.29 is 17.9 Å². The number of amides is 1. The van der Waals surface area contributed by atoms with E-state index in [1.807, 2.05) is 6.07 Å². The van der Waals surface area contributed by atoms with Gasteiger partial charge in [0.15, 0.2) is 0 Å². The number of hydrogen-bond donors (Lipinski definition) is 1. The number of sulfonamides is 1. The smallest absolute Gasteiger partial charge is 0.255 e. The Bertz CT molecular complexity index is 1030. The molecule has 0 atom stereocenters. The fourth-order valence-corrected chi connectivity index (χ4v) is 3.89. The fourth-order valence-electron chi connectivity index (χ4n) is 2.93. The zero-order valence-electron chi connectivity index (χ0n) is 14.3. The highest BCUT2D eigenvalue weighted by Gasteiger charge is 2.26. The van der Waals surface area contributed by atoms with Crippen molar-refractivity contribution in [3.8, 4) is 11.8 Å². The number of anilines is 2. The normalized spacial score (nSPS) is 13.0. The molecule has 3 rings (SSSR count). The lowest BCUT2D eigenvalue weighted by Gasteiger charge is -2.16. The summed E-state index contributed by atoms with van der Waals surface area (Å²) in [6.07, 6.45) is 1.72. The standard InChI is InChI=1S/C18H17N3O4S/c1-25-17-6-3-12(11-19)9-15(17)20-18(22)14-4-5-16-13(10-14)7-8-21(16)26(2,23)24/h3-6,9-10H,7-8H2,1-2H3,(H,20,22). The summed E-state index contributed by atoms with van der Waals surface area (Å²) >= 11 is 0. The molecule has 0 spiro atoms. The van der Waals surface area contributed by atoms with Gasteiger partial charge in [-0.15, -0.1) is 0 Å². The highest BCUT2D eigenvalue weighted by atomic mass is 32.2. The second kappa shape index (κ2) is 6.69. The van der Waals surface area contributed by atoms with E-state index in [2.05, 4.69) is 5.32 Å². The molecule has 0 saturated heterocycles. The van der Waals surface area contributed by atoms with Gasteiger partial charge < -0.3 is 10.1 Å². The molecule has 0 bridgehead atoms. The van der Waals surface area contributed by atoms with E-state index in [9.17, 15) is 13.2 Å². The van der Waals surface area contributed by atoms with Crippen LogP contribution in [0.4, 0.5) is 11.4 Å². The van der Waals surface area contributed by atoms with Crippen LogP contribution in [-0.4, -0.2) is 34.2 Å². The molecular weight excluding hydrogens is 354 g/mol. The molecule has 1 aliphatic heterocycles. The van der Waals surface area contributed by atoms with Crippen molar-refractivity contribution in [2.24, 2.45) is 0 Å². The van der Waals surface area contributed by atoms with Crippen molar-refractivity contribution in [3.63, 3.8) is 0 Å². The Morgan fingerprint density at radius 1 is 1.27 bits per heavy atom. The minimum atomic E-state index is -3.33. The van der Waals surface area contributed by atoms with E-state index in [4.69, 9.17) is 10.00 Å². The molecule has 8 heteroatoms. The fraction of sp³-hybridized carbons (Fsp3) is 0.222. The largest absolute Gasteiger partial charge is 0.495 e. The Labute approximate surface area is 151 Å². The summed E-state index contributed by atoms with van der Waals surface area (Å²) < 4.78 is 30.1. The van der Waals surface area contributed by atoms with Crippen LogP contribution in [0.15, 0.2) is 36.4 Å². The van der Waals surface area contributed by atoms with Crippen LogP contribution in [0.25, 0.3) is 0 Å². The first kappa shape index (κ1) is 17.8. The number of hydrogen-bond acceptors (Lipinski definition) is 5. The molecule has 0 aliphatic carbocycles. The topological polar surface area (TPSA) is 99.5 Å². The summed E-state index contributed by atoms with van der Waals surface area (Å²) in [6, 6.07) is 11.7. The number of nitriles is 1. The van der Waals surface area contributed by atoms with Crippen molar-refractivity contribution >= 4 is 27.3 Å². The van der Waals surface area contributed by atoms with Gasteiger partial charge in [-0.3, -0.25) is 9.10 Å². The van der Waals surface area contributed by atoms with E-state index in [0.717, 1.165) is 11.8 Å². The molecule has 0 aromatic heterocycles. The van der Waals surface area contributed by atoms with Gasteiger partial charge in [0.25, 0.3) is 5.91 Å². The van der Waals surface area contributed by atoms with E-state index in [1.54, 1.807) is 30.3 Å². The molecule has 1 amide bonds. The van der Waals surface area contributed by atoms with Gasteiger partial charge in [0.2, 0.25) is 10.0 Å². The lowest BCUT2D eigenvalue weighted by Crippen LogP contribution is -2.27. The van der Waals surface area contributed by atoms with Crippen molar-refractivity contribution in [1.29, 1.82) is 5.26 Å². The molecule has 0 radical (unpaired) electrons. The number of rotatable bonds is 4. The minimum absolute atomic E-state index is 0.362. The lowest BCUT2D eigenvalue weighted by atomic mass is 10.1. The van der Waals surface area contributed by atoms with Crippen LogP contribution < -0.4 is 14.4 Å². The zero-order valence-corrected chi connectivity index (χ0v) is 15.1. The Morgan fingerprint density at radius 2 is 2.04 bits per heavy atom. The number of methoxy groups -OCH3 is 1. The van der Waals surface area contributed by atoms with Crippen LogP contribution >= 0.6 is 0 Å². The van der Waals surface area contributed by atoms with E-state index in [-0.39, 0.29) is 5.91 Å². The molecule has 1 N–H and O–H groups in total. The van der Waals surface area contributed by atoms with Gasteiger partial charge in [-0.1, -0.05) is 0 Å². The number of ether oxygens (including phenoxy) is 1. The molecular formula is C18H17N3O4S. The van der Waals surface area contributed by atoms with Gasteiger partial charge in [-0.05, 0) is 48.4 Å². The number of fused-ring (bicyclic) bond motifs is 1. The molecule has 1 heterocycles. The van der Waals surface area contributed by atoms with Gasteiger partial charge in [0.1, 0.15) is 5.75 Å². The lowest BCUT2D eigenvalue weighted by molar-refractivity contribution is 0.102. The molecule has 2 aromatic rings. The Kier molecular flexibility index (Phi) is 4.57. The van der Waals surface area contributed by atoms with Crippen LogP contribution in [0.1, 0.15) is 21.5 Å². The summed E-state index contributed by atoms with van der Waals surface area (Å²) in [5.74, 6) is 0.0840. The Morgan fingerprint density at radius 3 is 2.69 bits per heavy atom. The van der Waals surface area contributed by atoms with E-state index in [0.29, 0.717) is 41.2 Å². The quantitative estimate of drug-likeness (QED) is 0.888. The molecule has 1 aliphatic rings. The predicted molar refractivity (Wildman–Crippen MR) is 98.0 cm³/mol. The van der Waals surface area contributed by atoms with Gasteiger partial charge >= 0.3 is 0 Å². The van der Waals surface area contributed by atoms with E-state index < -0.39 is 10.0 Å². The second-order valence-corrected chi connectivity index (χ2v) is 7.82. The first-order chi connectivity index (χ1) is 12.3. The van der Waals surface area contributed by atoms with Crippen molar-refractivity contribution in [3.05, 3.63) is 53.1 Å². The summed E-state index contributed by atoms with van der Waals surface area (Å²) in [5.41, 5.74) is 2.62. The molecule has 0 unspecified atom stereocenters. The zero-order chi connectivity index (χ0) is 18.9. The highest BCUT2D eigenvalue weighted by molar-refractivity contribution is 7.92. The summed E-state index contributed by atoms with van der Waals surface area (Å²) in [4.78, 5) is 12.6. The van der Waals surface area contributed by atoms with Gasteiger partial charge in [0, 0.05) is 12.1 Å². The SMILES string of the molecule is COc1ccc(C#N)cc1NC(=O)c1ccc2c(c1)CCN2S(C)(=O)=O. The number of nitrogens with one attached hydrogen (secondary N) is 1. The van der Waals surface area contributed by atoms with Crippen LogP contribution in [-0.2, 0) is 16.4 Å². The number of nitrogens with zero attached hydrogens (tertiary/aromatic N) is 2. The molecule has 2 aromatic carbocycles. The third-order valence-electron chi connectivity index (χ3n) is 4.17. The van der Waals surface area contributed by atoms with Crippen molar-refractivity contribution in [2.45, 2.75) is 6.42 Å². The molecule has 7 nitrogen and oxygen atoms in total. The average Bonchev–Trinajstić information content (AvgIpc) is 3.05. The van der Waals surface area contributed by atoms with E-state index >= 15 is 0 Å². The van der Waals surface area contributed by atoms with Crippen LogP contribution in [0.2, 0.25) is 0 Å². The first-order valence-electron chi connectivity index (χ1n) is 7.83. The van der Waals surface area contributed by atoms with Gasteiger partial charge in [-0.2, -0.15) is 5.26 Å². The Balaban J connectivity index is 1.88. The summed E-state index contributed by atoms with van der Waals surface area (Å²) in [6.45, 7) is 0.372. The maximum atomic E-state index is 12.6. The van der Waals surface area contributed by atoms with Crippen molar-refractivity contribution in [2.75, 3.05) is 29.5 Å². The van der Waals surface area contributed by atoms with E-state index in [1.165, 1.54) is 17.5 Å². The summed E-state index contributed by atoms with van der Waals surface area (Å²) in [7, 11) is -1.85. The van der Waals surface area contributed by atoms with Crippen LogP contribution in [0, 0.1) is 11.3 Å². The molecule has 26 heavy (non-hydrogen) atoms. The first-order valence-corrected chi connectivity index (χ1v) is 9.68. The van der Waals surface area contributed by atoms with Gasteiger partial charge in [-0.25, -0.2) is 8.42 Å². The number of carbonyl (C=O) groups is 1.